The summed E-state index contributed by atoms with van der Waals surface area (Å²) in [6.07, 6.45) is 1.66. The van der Waals surface area contributed by atoms with Gasteiger partial charge in [-0.2, -0.15) is 0 Å². The number of morpholine rings is 1. The molecule has 1 saturated carbocycles. The maximum atomic E-state index is 14.2. The highest BCUT2D eigenvalue weighted by atomic mass is 19.1. The summed E-state index contributed by atoms with van der Waals surface area (Å²) in [4.78, 5) is 27.4. The number of carbonyl (C=O) groups is 2. The van der Waals surface area contributed by atoms with Crippen LogP contribution in [0.25, 0.3) is 0 Å². The predicted octanol–water partition coefficient (Wildman–Crippen LogP) is 3.84. The third-order valence-corrected chi connectivity index (χ3v) is 6.88. The van der Waals surface area contributed by atoms with E-state index < -0.39 is 17.8 Å². The Morgan fingerprint density at radius 3 is 2.53 bits per heavy atom. The highest BCUT2D eigenvalue weighted by Gasteiger charge is 2.38. The van der Waals surface area contributed by atoms with Gasteiger partial charge in [-0.05, 0) is 50.2 Å². The van der Waals surface area contributed by atoms with E-state index in [1.165, 1.54) is 19.2 Å². The second kappa shape index (κ2) is 11.3. The monoisotopic (exact) mass is 500 g/mol. The lowest BCUT2D eigenvalue weighted by atomic mass is 9.86. The molecular formula is C27H33FN2O6. The molecule has 1 N–H and O–H groups in total. The van der Waals surface area contributed by atoms with Gasteiger partial charge in [0, 0.05) is 56.3 Å². The molecule has 1 aliphatic carbocycles. The first-order valence-electron chi connectivity index (χ1n) is 12.2. The molecule has 1 atom stereocenters. The fourth-order valence-corrected chi connectivity index (χ4v) is 4.84. The summed E-state index contributed by atoms with van der Waals surface area (Å²) in [5.41, 5.74) is 1.16. The Bertz CT molecular complexity index is 1070. The van der Waals surface area contributed by atoms with Gasteiger partial charge >= 0.3 is 11.9 Å². The second-order valence-electron chi connectivity index (χ2n) is 9.58. The molecule has 4 rings (SSSR count). The number of rotatable bonds is 9. The molecule has 2 aliphatic rings. The van der Waals surface area contributed by atoms with E-state index in [2.05, 4.69) is 28.4 Å². The van der Waals surface area contributed by atoms with Gasteiger partial charge < -0.3 is 24.2 Å². The fourth-order valence-electron chi connectivity index (χ4n) is 4.84. The van der Waals surface area contributed by atoms with Gasteiger partial charge in [-0.25, -0.2) is 14.0 Å². The van der Waals surface area contributed by atoms with Crippen LogP contribution < -0.4 is 9.64 Å². The van der Waals surface area contributed by atoms with Crippen LogP contribution in [0.4, 0.5) is 10.1 Å². The van der Waals surface area contributed by atoms with E-state index in [4.69, 9.17) is 14.6 Å². The zero-order valence-corrected chi connectivity index (χ0v) is 20.9. The maximum absolute atomic E-state index is 14.2. The number of methoxy groups -OCH3 is 1. The van der Waals surface area contributed by atoms with Crippen molar-refractivity contribution in [2.75, 3.05) is 38.3 Å². The highest BCUT2D eigenvalue weighted by Crippen LogP contribution is 2.32. The average molecular weight is 501 g/mol. The zero-order valence-electron chi connectivity index (χ0n) is 20.9. The minimum Gasteiger partial charge on any atom is -0.490 e. The number of carbonyl (C=O) groups excluding carboxylic acids is 1. The first kappa shape index (κ1) is 25.9. The Morgan fingerprint density at radius 1 is 1.19 bits per heavy atom. The summed E-state index contributed by atoms with van der Waals surface area (Å²) in [6.45, 7) is 7.21. The number of hydrogen-bond acceptors (Lipinski definition) is 7. The van der Waals surface area contributed by atoms with Crippen LogP contribution in [0.1, 0.15) is 47.4 Å². The number of carboxylic acids is 1. The van der Waals surface area contributed by atoms with E-state index >= 15 is 0 Å². The molecule has 2 aromatic carbocycles. The highest BCUT2D eigenvalue weighted by molar-refractivity contribution is 5.89. The van der Waals surface area contributed by atoms with E-state index in [0.717, 1.165) is 38.2 Å². The van der Waals surface area contributed by atoms with Crippen LogP contribution in [0, 0.1) is 5.82 Å². The molecule has 0 spiro atoms. The van der Waals surface area contributed by atoms with Crippen LogP contribution in [0.3, 0.4) is 0 Å². The quantitative estimate of drug-likeness (QED) is 0.520. The molecule has 194 valence electrons. The molecule has 1 unspecified atom stereocenters. The molecule has 1 saturated heterocycles. The van der Waals surface area contributed by atoms with Crippen molar-refractivity contribution in [2.45, 2.75) is 51.0 Å². The van der Waals surface area contributed by atoms with E-state index in [0.29, 0.717) is 24.4 Å². The van der Waals surface area contributed by atoms with E-state index in [-0.39, 0.29) is 23.3 Å². The summed E-state index contributed by atoms with van der Waals surface area (Å²) in [7, 11) is 1.22. The van der Waals surface area contributed by atoms with Gasteiger partial charge in [-0.1, -0.05) is 0 Å². The second-order valence-corrected chi connectivity index (χ2v) is 9.58. The first-order chi connectivity index (χ1) is 17.2. The van der Waals surface area contributed by atoms with Crippen LogP contribution in [-0.2, 0) is 9.47 Å². The SMILES string of the molecule is COC(=O)c1ccc(OC2CC(N(CC3CN(c4ccc(C(=O)O)cc4)CCO3)C(C)C)C2)cc1F. The van der Waals surface area contributed by atoms with Gasteiger partial charge in [-0.3, -0.25) is 4.90 Å². The van der Waals surface area contributed by atoms with E-state index in [9.17, 15) is 14.0 Å². The first-order valence-corrected chi connectivity index (χ1v) is 12.2. The summed E-state index contributed by atoms with van der Waals surface area (Å²) in [6, 6.07) is 11.8. The minimum absolute atomic E-state index is 0.0175. The van der Waals surface area contributed by atoms with Gasteiger partial charge in [-0.15, -0.1) is 0 Å². The molecule has 1 aliphatic heterocycles. The smallest absolute Gasteiger partial charge is 0.340 e. The Hall–Kier alpha value is -3.17. The Balaban J connectivity index is 1.31. The topological polar surface area (TPSA) is 88.5 Å². The van der Waals surface area contributed by atoms with Crippen LogP contribution in [0.5, 0.6) is 5.75 Å². The molecular weight excluding hydrogens is 467 g/mol. The number of esters is 1. The van der Waals surface area contributed by atoms with Crippen molar-refractivity contribution in [1.29, 1.82) is 0 Å². The molecule has 2 fully saturated rings. The van der Waals surface area contributed by atoms with Crippen molar-refractivity contribution in [2.24, 2.45) is 0 Å². The number of aromatic carboxylic acids is 1. The van der Waals surface area contributed by atoms with Crippen molar-refractivity contribution < 1.29 is 33.3 Å². The Labute approximate surface area is 210 Å². The zero-order chi connectivity index (χ0) is 25.8. The molecule has 0 amide bonds. The van der Waals surface area contributed by atoms with Gasteiger partial charge in [0.15, 0.2) is 0 Å². The van der Waals surface area contributed by atoms with Crippen molar-refractivity contribution >= 4 is 17.6 Å². The van der Waals surface area contributed by atoms with Crippen molar-refractivity contribution in [3.8, 4) is 5.75 Å². The van der Waals surface area contributed by atoms with Gasteiger partial charge in [0.1, 0.15) is 17.7 Å². The minimum atomic E-state index is -0.930. The standard InChI is InChI=1S/C27H33FN2O6/c1-17(2)30(16-23-15-29(10-11-35-23)19-6-4-18(5-7-19)26(31)32)20-12-22(13-20)36-21-8-9-24(25(28)14-21)27(33)34-3/h4-9,14,17,20,22-23H,10-13,15-16H2,1-3H3,(H,31,32). The van der Waals surface area contributed by atoms with Crippen LogP contribution in [0.2, 0.25) is 0 Å². The molecule has 8 nitrogen and oxygen atoms in total. The maximum Gasteiger partial charge on any atom is 0.340 e. The van der Waals surface area contributed by atoms with E-state index in [1.807, 2.05) is 12.1 Å². The summed E-state index contributed by atoms with van der Waals surface area (Å²) < 4.78 is 30.8. The van der Waals surface area contributed by atoms with Crippen LogP contribution in [-0.4, -0.2) is 79.6 Å². The number of hydrogen-bond donors (Lipinski definition) is 1. The number of carboxylic acid groups (broad SMARTS) is 1. The van der Waals surface area contributed by atoms with Crippen LogP contribution >= 0.6 is 0 Å². The lowest BCUT2D eigenvalue weighted by Gasteiger charge is -2.46. The average Bonchev–Trinajstić information content (AvgIpc) is 2.84. The van der Waals surface area contributed by atoms with Crippen LogP contribution in [0.15, 0.2) is 42.5 Å². The Kier molecular flexibility index (Phi) is 8.11. The fraction of sp³-hybridized carbons (Fsp3) is 0.481. The van der Waals surface area contributed by atoms with E-state index in [1.54, 1.807) is 18.2 Å². The predicted molar refractivity (Wildman–Crippen MR) is 132 cm³/mol. The van der Waals surface area contributed by atoms with Crippen molar-refractivity contribution in [3.63, 3.8) is 0 Å². The molecule has 1 heterocycles. The van der Waals surface area contributed by atoms with Crippen molar-refractivity contribution in [3.05, 3.63) is 59.4 Å². The lowest BCUT2D eigenvalue weighted by molar-refractivity contribution is -0.0415. The summed E-state index contributed by atoms with van der Waals surface area (Å²) in [5.74, 6) is -1.90. The largest absolute Gasteiger partial charge is 0.490 e. The number of ether oxygens (including phenoxy) is 3. The number of benzene rings is 2. The number of anilines is 1. The molecule has 2 aromatic rings. The summed E-state index contributed by atoms with van der Waals surface area (Å²) in [5, 5.41) is 9.13. The normalized spacial score (nSPS) is 21.8. The summed E-state index contributed by atoms with van der Waals surface area (Å²) >= 11 is 0. The van der Waals surface area contributed by atoms with Gasteiger partial charge in [0.25, 0.3) is 0 Å². The molecule has 0 radical (unpaired) electrons. The molecule has 0 bridgehead atoms. The number of halogens is 1. The third kappa shape index (κ3) is 5.96. The number of nitrogens with zero attached hydrogens (tertiary/aromatic N) is 2. The molecule has 0 aromatic heterocycles. The van der Waals surface area contributed by atoms with Crippen molar-refractivity contribution in [1.82, 2.24) is 4.90 Å². The third-order valence-electron chi connectivity index (χ3n) is 6.88. The van der Waals surface area contributed by atoms with Gasteiger partial charge in [0.05, 0.1) is 30.9 Å². The Morgan fingerprint density at radius 2 is 1.92 bits per heavy atom. The molecule has 36 heavy (non-hydrogen) atoms. The lowest BCUT2D eigenvalue weighted by Crippen LogP contribution is -2.56. The van der Waals surface area contributed by atoms with Gasteiger partial charge in [0.2, 0.25) is 0 Å². The molecule has 9 heteroatoms.